The summed E-state index contributed by atoms with van der Waals surface area (Å²) in [5, 5.41) is 0. The first-order chi connectivity index (χ1) is 10.3. The quantitative estimate of drug-likeness (QED) is 0.211. The van der Waals surface area contributed by atoms with Crippen LogP contribution in [-0.2, 0) is 0 Å². The Morgan fingerprint density at radius 3 is 1.14 bits per heavy atom. The zero-order valence-corrected chi connectivity index (χ0v) is 15.2. The summed E-state index contributed by atoms with van der Waals surface area (Å²) < 4.78 is 0. The van der Waals surface area contributed by atoms with E-state index in [9.17, 15) is 0 Å². The van der Waals surface area contributed by atoms with E-state index in [1.807, 2.05) is 12.2 Å². The molecule has 0 aliphatic heterocycles. The molecule has 0 saturated heterocycles. The van der Waals surface area contributed by atoms with Gasteiger partial charge in [0.2, 0.25) is 0 Å². The third kappa shape index (κ3) is 28.4. The van der Waals surface area contributed by atoms with Crippen LogP contribution in [0.5, 0.6) is 0 Å². The topological polar surface area (TPSA) is 0 Å². The molecule has 0 saturated carbocycles. The fourth-order valence-corrected chi connectivity index (χ4v) is 2.33. The molecule has 126 valence electrons. The van der Waals surface area contributed by atoms with Crippen molar-refractivity contribution in [3.8, 4) is 0 Å². The van der Waals surface area contributed by atoms with Crippen molar-refractivity contribution in [2.24, 2.45) is 0 Å². The SMILES string of the molecule is C=CCCC.C=CCCCCCCCCCCCCCC. The highest BCUT2D eigenvalue weighted by atomic mass is 14.0. The predicted octanol–water partition coefficient (Wildman–Crippen LogP) is 8.24. The lowest BCUT2D eigenvalue weighted by Crippen LogP contribution is -1.82. The van der Waals surface area contributed by atoms with Crippen LogP contribution in [0.4, 0.5) is 0 Å². The zero-order chi connectivity index (χ0) is 16.0. The number of hydrogen-bond donors (Lipinski definition) is 0. The van der Waals surface area contributed by atoms with E-state index in [-0.39, 0.29) is 0 Å². The molecule has 0 heterocycles. The summed E-state index contributed by atoms with van der Waals surface area (Å²) in [7, 11) is 0. The van der Waals surface area contributed by atoms with Gasteiger partial charge in [-0.25, -0.2) is 0 Å². The molecule has 0 aliphatic carbocycles. The van der Waals surface area contributed by atoms with Crippen molar-refractivity contribution in [2.45, 2.75) is 110 Å². The largest absolute Gasteiger partial charge is 0.103 e. The molecule has 0 bridgehead atoms. The summed E-state index contributed by atoms with van der Waals surface area (Å²) in [6, 6.07) is 0. The van der Waals surface area contributed by atoms with E-state index in [0.29, 0.717) is 0 Å². The molecular formula is C21H42. The average Bonchev–Trinajstić information content (AvgIpc) is 2.50. The molecule has 0 radical (unpaired) electrons. The maximum absolute atomic E-state index is 3.75. The number of rotatable bonds is 15. The molecule has 0 atom stereocenters. The van der Waals surface area contributed by atoms with Crippen molar-refractivity contribution in [2.75, 3.05) is 0 Å². The smallest absolute Gasteiger partial charge is 0.0353 e. The van der Waals surface area contributed by atoms with E-state index < -0.39 is 0 Å². The van der Waals surface area contributed by atoms with Gasteiger partial charge in [-0.3, -0.25) is 0 Å². The van der Waals surface area contributed by atoms with Gasteiger partial charge >= 0.3 is 0 Å². The van der Waals surface area contributed by atoms with Crippen LogP contribution in [0.3, 0.4) is 0 Å². The highest BCUT2D eigenvalue weighted by Crippen LogP contribution is 2.12. The van der Waals surface area contributed by atoms with E-state index in [4.69, 9.17) is 0 Å². The number of hydrogen-bond acceptors (Lipinski definition) is 0. The lowest BCUT2D eigenvalue weighted by Gasteiger charge is -2.02. The van der Waals surface area contributed by atoms with Gasteiger partial charge in [-0.1, -0.05) is 103 Å². The normalized spacial score (nSPS) is 9.81. The van der Waals surface area contributed by atoms with Crippen LogP contribution in [-0.4, -0.2) is 0 Å². The lowest BCUT2D eigenvalue weighted by molar-refractivity contribution is 0.545. The van der Waals surface area contributed by atoms with Crippen LogP contribution in [0.1, 0.15) is 110 Å². The maximum Gasteiger partial charge on any atom is -0.0353 e. The highest BCUT2D eigenvalue weighted by Gasteiger charge is 1.92. The first-order valence-electron chi connectivity index (χ1n) is 9.55. The molecule has 0 amide bonds. The van der Waals surface area contributed by atoms with Crippen LogP contribution >= 0.6 is 0 Å². The fraction of sp³-hybridized carbons (Fsp3) is 0.810. The van der Waals surface area contributed by atoms with E-state index in [2.05, 4.69) is 27.0 Å². The van der Waals surface area contributed by atoms with Crippen molar-refractivity contribution in [1.29, 1.82) is 0 Å². The second kappa shape index (κ2) is 24.5. The molecular weight excluding hydrogens is 252 g/mol. The third-order valence-corrected chi connectivity index (χ3v) is 3.75. The molecule has 0 aliphatic rings. The molecule has 0 rings (SSSR count). The van der Waals surface area contributed by atoms with Crippen molar-refractivity contribution < 1.29 is 0 Å². The summed E-state index contributed by atoms with van der Waals surface area (Å²) in [4.78, 5) is 0. The standard InChI is InChI=1S/C16H32.C5H10/c1-3-5-7-9-11-13-15-16-14-12-10-8-6-4-2;1-3-5-4-2/h3H,1,4-16H2,2H3;3H,1,4-5H2,2H3. The highest BCUT2D eigenvalue weighted by molar-refractivity contribution is 4.65. The Bertz CT molecular complexity index is 180. The average molecular weight is 295 g/mol. The summed E-state index contributed by atoms with van der Waals surface area (Å²) >= 11 is 0. The van der Waals surface area contributed by atoms with Gasteiger partial charge in [0.1, 0.15) is 0 Å². The van der Waals surface area contributed by atoms with Gasteiger partial charge in [-0.05, 0) is 19.3 Å². The van der Waals surface area contributed by atoms with Crippen molar-refractivity contribution >= 4 is 0 Å². The van der Waals surface area contributed by atoms with E-state index in [0.717, 1.165) is 6.42 Å². The molecule has 0 nitrogen and oxygen atoms in total. The fourth-order valence-electron chi connectivity index (χ4n) is 2.33. The van der Waals surface area contributed by atoms with Crippen molar-refractivity contribution in [3.63, 3.8) is 0 Å². The van der Waals surface area contributed by atoms with Gasteiger partial charge in [-0.2, -0.15) is 0 Å². The summed E-state index contributed by atoms with van der Waals surface area (Å²) in [6.45, 7) is 11.7. The molecule has 0 aromatic carbocycles. The van der Waals surface area contributed by atoms with Crippen LogP contribution in [0.2, 0.25) is 0 Å². The molecule has 0 N–H and O–H groups in total. The van der Waals surface area contributed by atoms with Gasteiger partial charge in [0.05, 0.1) is 0 Å². The predicted molar refractivity (Wildman–Crippen MR) is 101 cm³/mol. The Hall–Kier alpha value is -0.520. The van der Waals surface area contributed by atoms with E-state index >= 15 is 0 Å². The molecule has 21 heavy (non-hydrogen) atoms. The van der Waals surface area contributed by atoms with Crippen molar-refractivity contribution in [1.82, 2.24) is 0 Å². The van der Waals surface area contributed by atoms with Gasteiger partial charge in [0.15, 0.2) is 0 Å². The maximum atomic E-state index is 3.75. The van der Waals surface area contributed by atoms with Crippen LogP contribution in [0.25, 0.3) is 0 Å². The molecule has 0 fully saturated rings. The Labute approximate surface area is 136 Å². The first kappa shape index (κ1) is 22.8. The minimum absolute atomic E-state index is 1.15. The Balaban J connectivity index is 0. The van der Waals surface area contributed by atoms with Crippen LogP contribution in [0, 0.1) is 0 Å². The van der Waals surface area contributed by atoms with Gasteiger partial charge in [-0.15, -0.1) is 13.2 Å². The van der Waals surface area contributed by atoms with Gasteiger partial charge < -0.3 is 0 Å². The monoisotopic (exact) mass is 294 g/mol. The van der Waals surface area contributed by atoms with Crippen LogP contribution in [0.15, 0.2) is 25.3 Å². The Morgan fingerprint density at radius 2 is 0.857 bits per heavy atom. The second-order valence-electron chi connectivity index (χ2n) is 6.04. The molecule has 0 heteroatoms. The summed E-state index contributed by atoms with van der Waals surface area (Å²) in [5.74, 6) is 0. The van der Waals surface area contributed by atoms with Gasteiger partial charge in [0.25, 0.3) is 0 Å². The zero-order valence-electron chi connectivity index (χ0n) is 15.2. The van der Waals surface area contributed by atoms with E-state index in [1.54, 1.807) is 0 Å². The molecule has 0 aromatic rings. The lowest BCUT2D eigenvalue weighted by atomic mass is 10.0. The number of unbranched alkanes of at least 4 members (excludes halogenated alkanes) is 13. The minimum atomic E-state index is 1.15. The van der Waals surface area contributed by atoms with Gasteiger partial charge in [0, 0.05) is 0 Å². The Kier molecular flexibility index (Phi) is 26.5. The molecule has 0 aromatic heterocycles. The third-order valence-electron chi connectivity index (χ3n) is 3.75. The van der Waals surface area contributed by atoms with Crippen LogP contribution < -0.4 is 0 Å². The second-order valence-corrected chi connectivity index (χ2v) is 6.04. The van der Waals surface area contributed by atoms with E-state index in [1.165, 1.54) is 89.9 Å². The summed E-state index contributed by atoms with van der Waals surface area (Å²) in [5.41, 5.74) is 0. The first-order valence-corrected chi connectivity index (χ1v) is 9.55. The Morgan fingerprint density at radius 1 is 0.476 bits per heavy atom. The molecule has 0 unspecified atom stereocenters. The minimum Gasteiger partial charge on any atom is -0.103 e. The summed E-state index contributed by atoms with van der Waals surface area (Å²) in [6.07, 6.45) is 24.8. The molecule has 0 spiro atoms. The number of allylic oxidation sites excluding steroid dienone is 2. The van der Waals surface area contributed by atoms with Crippen molar-refractivity contribution in [3.05, 3.63) is 25.3 Å².